The van der Waals surface area contributed by atoms with Gasteiger partial charge in [-0.25, -0.2) is 0 Å². The first kappa shape index (κ1) is 36.0. The summed E-state index contributed by atoms with van der Waals surface area (Å²) < 4.78 is 0. The van der Waals surface area contributed by atoms with E-state index < -0.39 is 7.92 Å². The second kappa shape index (κ2) is 19.2. The van der Waals surface area contributed by atoms with Crippen LogP contribution >= 0.6 is 7.92 Å². The van der Waals surface area contributed by atoms with Gasteiger partial charge in [0, 0.05) is 32.6 Å². The summed E-state index contributed by atoms with van der Waals surface area (Å²) in [4.78, 5) is 32.6. The quantitative estimate of drug-likeness (QED) is 0.154. The number of aryl methyl sites for hydroxylation is 4. The minimum atomic E-state index is -0.837. The summed E-state index contributed by atoms with van der Waals surface area (Å²) in [5, 5.41) is 2.68. The van der Waals surface area contributed by atoms with Gasteiger partial charge in [-0.2, -0.15) is 0 Å². The molecule has 0 spiro atoms. The first-order chi connectivity index (χ1) is 20.2. The SMILES string of the molecule is CCCCN(CCCC)C(=O)CC(CP(c1cc(C)ccc1C)c1cc(C)ccc1C)C(=O)N(CCCC)CCCC. The second-order valence-corrected chi connectivity index (χ2v) is 14.4. The van der Waals surface area contributed by atoms with E-state index in [1.165, 1.54) is 32.9 Å². The van der Waals surface area contributed by atoms with Gasteiger partial charge in [0.05, 0.1) is 5.92 Å². The highest BCUT2D eigenvalue weighted by Crippen LogP contribution is 2.40. The molecular formula is C37H59N2O2P. The monoisotopic (exact) mass is 594 g/mol. The molecule has 0 aliphatic rings. The van der Waals surface area contributed by atoms with Gasteiger partial charge in [-0.1, -0.05) is 101 Å². The van der Waals surface area contributed by atoms with Crippen LogP contribution in [-0.2, 0) is 9.59 Å². The van der Waals surface area contributed by atoms with Gasteiger partial charge in [0.1, 0.15) is 0 Å². The van der Waals surface area contributed by atoms with Gasteiger partial charge in [-0.3, -0.25) is 9.59 Å². The third kappa shape index (κ3) is 11.1. The largest absolute Gasteiger partial charge is 0.343 e. The van der Waals surface area contributed by atoms with E-state index in [2.05, 4.69) is 96.7 Å². The van der Waals surface area contributed by atoms with Gasteiger partial charge in [0.2, 0.25) is 11.8 Å². The fraction of sp³-hybridized carbons (Fsp3) is 0.622. The molecule has 0 bridgehead atoms. The van der Waals surface area contributed by atoms with Crippen LogP contribution < -0.4 is 10.6 Å². The Morgan fingerprint density at radius 3 is 1.45 bits per heavy atom. The smallest absolute Gasteiger partial charge is 0.226 e. The summed E-state index contributed by atoms with van der Waals surface area (Å²) in [6.45, 7) is 20.6. The number of benzene rings is 2. The minimum absolute atomic E-state index is 0.151. The van der Waals surface area contributed by atoms with E-state index in [-0.39, 0.29) is 17.7 Å². The highest BCUT2D eigenvalue weighted by molar-refractivity contribution is 7.73. The Morgan fingerprint density at radius 1 is 0.643 bits per heavy atom. The minimum Gasteiger partial charge on any atom is -0.343 e. The number of carbonyl (C=O) groups is 2. The van der Waals surface area contributed by atoms with E-state index in [4.69, 9.17) is 0 Å². The van der Waals surface area contributed by atoms with Crippen molar-refractivity contribution in [2.45, 2.75) is 113 Å². The van der Waals surface area contributed by atoms with Crippen molar-refractivity contribution in [1.82, 2.24) is 9.80 Å². The van der Waals surface area contributed by atoms with E-state index in [1.807, 2.05) is 4.90 Å². The first-order valence-electron chi connectivity index (χ1n) is 16.6. The van der Waals surface area contributed by atoms with Crippen LogP contribution in [0.3, 0.4) is 0 Å². The number of nitrogens with zero attached hydrogens (tertiary/aromatic N) is 2. The number of hydrogen-bond acceptors (Lipinski definition) is 2. The van der Waals surface area contributed by atoms with Crippen molar-refractivity contribution in [2.75, 3.05) is 32.3 Å². The van der Waals surface area contributed by atoms with Crippen molar-refractivity contribution >= 4 is 30.3 Å². The Morgan fingerprint density at radius 2 is 1.05 bits per heavy atom. The van der Waals surface area contributed by atoms with E-state index in [9.17, 15) is 9.59 Å². The molecule has 0 aromatic heterocycles. The molecule has 0 saturated heterocycles. The Labute approximate surface area is 259 Å². The fourth-order valence-electron chi connectivity index (χ4n) is 5.48. The summed E-state index contributed by atoms with van der Waals surface area (Å²) in [6.07, 6.45) is 9.24. The zero-order valence-corrected chi connectivity index (χ0v) is 29.0. The standard InChI is InChI=1S/C37H59N2O2P/c1-9-13-21-38(22-14-10-2)36(40)27-33(37(41)39(23-15-11-3)24-16-12-4)28-42(34-25-29(5)17-19-31(34)7)35-26-30(6)18-20-32(35)8/h17-20,25-26,33H,9-16,21-24,27-28H2,1-8H3. The lowest BCUT2D eigenvalue weighted by molar-refractivity contribution is -0.140. The molecule has 5 heteroatoms. The number of unbranched alkanes of at least 4 members (excludes halogenated alkanes) is 4. The predicted octanol–water partition coefficient (Wildman–Crippen LogP) is 8.22. The third-order valence-electron chi connectivity index (χ3n) is 8.27. The average Bonchev–Trinajstić information content (AvgIpc) is 2.97. The summed E-state index contributed by atoms with van der Waals surface area (Å²) in [6, 6.07) is 13.5. The molecule has 2 amide bonds. The van der Waals surface area contributed by atoms with Crippen LogP contribution in [0.15, 0.2) is 36.4 Å². The van der Waals surface area contributed by atoms with Gasteiger partial charge >= 0.3 is 0 Å². The molecule has 0 aliphatic carbocycles. The van der Waals surface area contributed by atoms with Crippen LogP contribution in [-0.4, -0.2) is 54.0 Å². The van der Waals surface area contributed by atoms with Crippen LogP contribution in [0.1, 0.15) is 108 Å². The molecule has 0 aliphatic heterocycles. The second-order valence-electron chi connectivity index (χ2n) is 12.2. The number of hydrogen-bond donors (Lipinski definition) is 0. The zero-order valence-electron chi connectivity index (χ0n) is 28.1. The Balaban J connectivity index is 2.61. The lowest BCUT2D eigenvalue weighted by Crippen LogP contribution is -2.43. The Bertz CT molecular complexity index is 1050. The van der Waals surface area contributed by atoms with Crippen LogP contribution in [0, 0.1) is 33.6 Å². The van der Waals surface area contributed by atoms with E-state index in [0.29, 0.717) is 12.6 Å². The van der Waals surface area contributed by atoms with Crippen LogP contribution in [0.4, 0.5) is 0 Å². The molecule has 0 radical (unpaired) electrons. The highest BCUT2D eigenvalue weighted by atomic mass is 31.1. The lowest BCUT2D eigenvalue weighted by atomic mass is 10.0. The van der Waals surface area contributed by atoms with E-state index in [1.54, 1.807) is 0 Å². The molecule has 0 N–H and O–H groups in total. The molecular weight excluding hydrogens is 535 g/mol. The summed E-state index contributed by atoms with van der Waals surface area (Å²) in [5.41, 5.74) is 5.02. The van der Waals surface area contributed by atoms with Gasteiger partial charge in [0.25, 0.3) is 0 Å². The summed E-state index contributed by atoms with van der Waals surface area (Å²) >= 11 is 0. The van der Waals surface area contributed by atoms with E-state index in [0.717, 1.165) is 77.5 Å². The van der Waals surface area contributed by atoms with Crippen LogP contribution in [0.2, 0.25) is 0 Å². The molecule has 0 saturated carbocycles. The molecule has 2 rings (SSSR count). The average molecular weight is 595 g/mol. The maximum atomic E-state index is 14.5. The normalized spacial score (nSPS) is 12.0. The lowest BCUT2D eigenvalue weighted by Gasteiger charge is -2.32. The van der Waals surface area contributed by atoms with Crippen LogP contribution in [0.25, 0.3) is 0 Å². The zero-order chi connectivity index (χ0) is 31.1. The topological polar surface area (TPSA) is 40.6 Å². The first-order valence-corrected chi connectivity index (χ1v) is 18.2. The van der Waals surface area contributed by atoms with Gasteiger partial charge in [-0.05, 0) is 89.2 Å². The molecule has 1 unspecified atom stereocenters. The fourth-order valence-corrected chi connectivity index (χ4v) is 8.58. The molecule has 1 atom stereocenters. The van der Waals surface area contributed by atoms with Crippen molar-refractivity contribution in [1.29, 1.82) is 0 Å². The van der Waals surface area contributed by atoms with Crippen LogP contribution in [0.5, 0.6) is 0 Å². The summed E-state index contributed by atoms with van der Waals surface area (Å²) in [7, 11) is -0.837. The Hall–Kier alpha value is -2.19. The molecule has 4 nitrogen and oxygen atoms in total. The molecule has 0 fully saturated rings. The van der Waals surface area contributed by atoms with E-state index >= 15 is 0 Å². The van der Waals surface area contributed by atoms with Gasteiger partial charge in [0.15, 0.2) is 0 Å². The number of rotatable bonds is 19. The van der Waals surface area contributed by atoms with Crippen molar-refractivity contribution in [3.8, 4) is 0 Å². The third-order valence-corrected chi connectivity index (χ3v) is 11.2. The van der Waals surface area contributed by atoms with Crippen molar-refractivity contribution in [3.63, 3.8) is 0 Å². The maximum Gasteiger partial charge on any atom is 0.226 e. The van der Waals surface area contributed by atoms with Gasteiger partial charge < -0.3 is 9.80 Å². The Kier molecular flexibility index (Phi) is 16.4. The van der Waals surface area contributed by atoms with Crippen molar-refractivity contribution in [3.05, 3.63) is 58.7 Å². The molecule has 0 heterocycles. The van der Waals surface area contributed by atoms with Gasteiger partial charge in [-0.15, -0.1) is 0 Å². The van der Waals surface area contributed by atoms with Crippen molar-refractivity contribution < 1.29 is 9.59 Å². The number of carbonyl (C=O) groups excluding carboxylic acids is 2. The summed E-state index contributed by atoms with van der Waals surface area (Å²) in [5.74, 6) is 0.000239. The molecule has 42 heavy (non-hydrogen) atoms. The predicted molar refractivity (Wildman–Crippen MR) is 184 cm³/mol. The maximum absolute atomic E-state index is 14.5. The number of amides is 2. The van der Waals surface area contributed by atoms with Crippen molar-refractivity contribution in [2.24, 2.45) is 5.92 Å². The molecule has 2 aromatic carbocycles. The highest BCUT2D eigenvalue weighted by Gasteiger charge is 2.32. The molecule has 2 aromatic rings. The molecule has 234 valence electrons.